The number of halogens is 1. The number of hydrogen-bond donors (Lipinski definition) is 3. The van der Waals surface area contributed by atoms with Gasteiger partial charge in [0.25, 0.3) is 0 Å². The van der Waals surface area contributed by atoms with Crippen LogP contribution in [0.2, 0.25) is 0 Å². The highest BCUT2D eigenvalue weighted by Gasteiger charge is 2.48. The summed E-state index contributed by atoms with van der Waals surface area (Å²) in [5, 5.41) is 15.3. The lowest BCUT2D eigenvalue weighted by atomic mass is 9.75. The molecular weight excluding hydrogens is 595 g/mol. The number of amides is 3. The van der Waals surface area contributed by atoms with Crippen molar-refractivity contribution in [2.24, 2.45) is 23.7 Å². The Hall–Kier alpha value is -3.67. The van der Waals surface area contributed by atoms with Gasteiger partial charge in [0, 0.05) is 30.6 Å². The van der Waals surface area contributed by atoms with E-state index < -0.39 is 36.5 Å². The van der Waals surface area contributed by atoms with Crippen LogP contribution in [0, 0.1) is 23.7 Å². The summed E-state index contributed by atoms with van der Waals surface area (Å²) in [4.78, 5) is 53.9. The van der Waals surface area contributed by atoms with Crippen LogP contribution in [0.1, 0.15) is 77.3 Å². The molecule has 12 heteroatoms. The van der Waals surface area contributed by atoms with Gasteiger partial charge in [0.1, 0.15) is 18.3 Å². The number of rotatable bonds is 8. The summed E-state index contributed by atoms with van der Waals surface area (Å²) < 4.78 is 26.3. The van der Waals surface area contributed by atoms with E-state index in [1.54, 1.807) is 22.6 Å². The summed E-state index contributed by atoms with van der Waals surface area (Å²) >= 11 is 0. The number of aromatic nitrogens is 1. The molecule has 3 fully saturated rings. The van der Waals surface area contributed by atoms with E-state index in [-0.39, 0.29) is 41.6 Å². The third-order valence-corrected chi connectivity index (χ3v) is 11.0. The number of carbonyl (C=O) groups is 4. The molecule has 11 nitrogen and oxygen atoms in total. The highest BCUT2D eigenvalue weighted by atomic mass is 19.1. The lowest BCUT2D eigenvalue weighted by Crippen LogP contribution is -2.50. The smallest absolute Gasteiger partial charge is 0.419 e. The topological polar surface area (TPSA) is 139 Å². The first-order chi connectivity index (χ1) is 22.0. The second kappa shape index (κ2) is 12.8. The minimum atomic E-state index is -1.25. The predicted octanol–water partition coefficient (Wildman–Crippen LogP) is 5.65. The van der Waals surface area contributed by atoms with E-state index in [2.05, 4.69) is 10.6 Å². The Kier molecular flexibility index (Phi) is 9.02. The van der Waals surface area contributed by atoms with Gasteiger partial charge in [0.05, 0.1) is 23.4 Å². The predicted molar refractivity (Wildman–Crippen MR) is 168 cm³/mol. The van der Waals surface area contributed by atoms with Crippen LogP contribution in [0.4, 0.5) is 19.7 Å². The fourth-order valence-corrected chi connectivity index (χ4v) is 8.54. The van der Waals surface area contributed by atoms with E-state index in [0.29, 0.717) is 43.4 Å². The number of hydrogen-bond acceptors (Lipinski definition) is 6. The third-order valence-electron chi connectivity index (χ3n) is 11.0. The monoisotopic (exact) mass is 640 g/mol. The number of carbonyl (C=O) groups excluding carboxylic acids is 3. The first-order valence-electron chi connectivity index (χ1n) is 16.6. The van der Waals surface area contributed by atoms with Gasteiger partial charge in [0.2, 0.25) is 11.8 Å². The number of fused-ring (bicyclic) bond motifs is 3. The van der Waals surface area contributed by atoms with Crippen LogP contribution in [0.15, 0.2) is 24.3 Å². The van der Waals surface area contributed by atoms with Gasteiger partial charge in [0.15, 0.2) is 0 Å². The molecule has 1 aromatic carbocycles. The number of carboxylic acid groups (broad SMARTS) is 1. The summed E-state index contributed by atoms with van der Waals surface area (Å²) in [6.07, 6.45) is 5.10. The van der Waals surface area contributed by atoms with Gasteiger partial charge in [-0.3, -0.25) is 9.59 Å². The summed E-state index contributed by atoms with van der Waals surface area (Å²) in [7, 11) is 1.73. The second-order valence-electron chi connectivity index (χ2n) is 14.0. The Morgan fingerprint density at radius 3 is 2.43 bits per heavy atom. The molecule has 3 atom stereocenters. The van der Waals surface area contributed by atoms with Crippen molar-refractivity contribution in [2.45, 2.75) is 95.4 Å². The number of alkyl halides is 1. The van der Waals surface area contributed by atoms with Crippen molar-refractivity contribution in [3.8, 4) is 0 Å². The fourth-order valence-electron chi connectivity index (χ4n) is 8.54. The first kappa shape index (κ1) is 32.3. The lowest BCUT2D eigenvalue weighted by molar-refractivity contribution is -0.142. The molecular formula is C34H45FN4O7. The maximum atomic E-state index is 14.2. The molecule has 46 heavy (non-hydrogen) atoms. The number of benzene rings is 1. The Morgan fingerprint density at radius 2 is 1.78 bits per heavy atom. The Labute approximate surface area is 268 Å². The average Bonchev–Trinajstić information content (AvgIpc) is 3.72. The molecule has 3 heterocycles. The zero-order valence-electron chi connectivity index (χ0n) is 26.8. The van der Waals surface area contributed by atoms with E-state index in [4.69, 9.17) is 14.6 Å². The van der Waals surface area contributed by atoms with Crippen LogP contribution in [-0.4, -0.2) is 77.1 Å². The highest BCUT2D eigenvalue weighted by molar-refractivity contribution is 6.01. The molecule has 1 aromatic heterocycles. The molecule has 2 aliphatic carbocycles. The summed E-state index contributed by atoms with van der Waals surface area (Å²) in [5.74, 6) is -0.465. The molecule has 0 bridgehead atoms. The van der Waals surface area contributed by atoms with Crippen molar-refractivity contribution in [3.63, 3.8) is 0 Å². The fraction of sp³-hybridized carbons (Fsp3) is 0.647. The molecule has 2 aliphatic heterocycles. The number of ether oxygens (including phenoxy) is 2. The van der Waals surface area contributed by atoms with Crippen LogP contribution < -0.4 is 10.6 Å². The van der Waals surface area contributed by atoms with Gasteiger partial charge in [-0.05, 0) is 108 Å². The van der Waals surface area contributed by atoms with Crippen LogP contribution >= 0.6 is 0 Å². The molecule has 250 valence electrons. The van der Waals surface area contributed by atoms with Crippen molar-refractivity contribution in [1.29, 1.82) is 0 Å². The molecule has 0 radical (unpaired) electrons. The van der Waals surface area contributed by atoms with Gasteiger partial charge in [-0.15, -0.1) is 0 Å². The van der Waals surface area contributed by atoms with Crippen molar-refractivity contribution in [1.82, 2.24) is 14.8 Å². The van der Waals surface area contributed by atoms with Crippen LogP contribution in [0.5, 0.6) is 0 Å². The lowest BCUT2D eigenvalue weighted by Gasteiger charge is -2.37. The second-order valence-corrected chi connectivity index (χ2v) is 14.0. The standard InChI is InChI=1S/C34H45FN4O7/c1-34(2)28-16-22-8-11-23(17-27(22)39(28)33(44)46-34)36-30(40)29-25(19-9-12-24(45-3)13-10-19)14-15-38(29)31(41)21-6-4-20(5-7-21)26(18-35)37-32(42)43/h8,11,16-17,19-21,24-26,29,37H,4-7,9-10,12-15,18H2,1-3H3,(H,36,40)(H,42,43)/t19?,20?,21?,24?,25-,26+,29-/m0/s1. The maximum Gasteiger partial charge on any atom is 0.419 e. The molecule has 1 saturated heterocycles. The minimum Gasteiger partial charge on any atom is -0.465 e. The maximum absolute atomic E-state index is 14.2. The van der Waals surface area contributed by atoms with Crippen molar-refractivity contribution >= 4 is 40.6 Å². The third kappa shape index (κ3) is 6.08. The molecule has 0 unspecified atom stereocenters. The van der Waals surface area contributed by atoms with E-state index in [1.807, 2.05) is 32.0 Å². The molecule has 0 spiro atoms. The van der Waals surface area contributed by atoms with Crippen LogP contribution in [0.3, 0.4) is 0 Å². The molecule has 2 saturated carbocycles. The Balaban J connectivity index is 1.21. The molecule has 3 N–H and O–H groups in total. The van der Waals surface area contributed by atoms with Gasteiger partial charge in [-0.25, -0.2) is 18.5 Å². The average molecular weight is 641 g/mol. The largest absolute Gasteiger partial charge is 0.465 e. The van der Waals surface area contributed by atoms with E-state index in [0.717, 1.165) is 43.2 Å². The Morgan fingerprint density at radius 1 is 1.07 bits per heavy atom. The van der Waals surface area contributed by atoms with Gasteiger partial charge >= 0.3 is 12.2 Å². The number of methoxy groups -OCH3 is 1. The summed E-state index contributed by atoms with van der Waals surface area (Å²) in [6.45, 7) is 3.39. The normalized spacial score (nSPS) is 29.7. The summed E-state index contributed by atoms with van der Waals surface area (Å²) in [6, 6.07) is 5.99. The summed E-state index contributed by atoms with van der Waals surface area (Å²) in [5.41, 5.74) is 1.19. The van der Waals surface area contributed by atoms with Crippen molar-refractivity contribution in [2.75, 3.05) is 25.6 Å². The highest BCUT2D eigenvalue weighted by Crippen LogP contribution is 2.42. The first-order valence-corrected chi connectivity index (χ1v) is 16.6. The SMILES string of the molecule is COC1CCC([C@@H]2CCN(C(=O)C3CCC([C@@H](CF)NC(=O)O)CC3)[C@@H]2C(=O)Nc2ccc3cc4n(c3c2)C(=O)OC4(C)C)CC1. The quantitative estimate of drug-likeness (QED) is 0.339. The van der Waals surface area contributed by atoms with E-state index in [9.17, 15) is 23.6 Å². The molecule has 2 aromatic rings. The molecule has 6 rings (SSSR count). The number of nitrogens with one attached hydrogen (secondary N) is 2. The molecule has 4 aliphatic rings. The van der Waals surface area contributed by atoms with Crippen LogP contribution in [-0.2, 0) is 24.7 Å². The van der Waals surface area contributed by atoms with Crippen LogP contribution in [0.25, 0.3) is 10.9 Å². The number of likely N-dealkylation sites (tertiary alicyclic amines) is 1. The van der Waals surface area contributed by atoms with Gasteiger partial charge in [-0.1, -0.05) is 6.07 Å². The zero-order valence-corrected chi connectivity index (χ0v) is 26.8. The number of anilines is 1. The number of cyclic esters (lactones) is 1. The molecule has 3 amide bonds. The van der Waals surface area contributed by atoms with E-state index >= 15 is 0 Å². The number of nitrogens with zero attached hydrogens (tertiary/aromatic N) is 2. The zero-order chi connectivity index (χ0) is 32.7. The van der Waals surface area contributed by atoms with Crippen molar-refractivity contribution < 1.29 is 38.1 Å². The Bertz CT molecular complexity index is 1490. The van der Waals surface area contributed by atoms with Gasteiger partial charge in [-0.2, -0.15) is 0 Å². The van der Waals surface area contributed by atoms with Gasteiger partial charge < -0.3 is 30.1 Å². The minimum absolute atomic E-state index is 0.00540. The van der Waals surface area contributed by atoms with E-state index in [1.165, 1.54) is 0 Å². The van der Waals surface area contributed by atoms with Crippen molar-refractivity contribution in [3.05, 3.63) is 30.0 Å².